The van der Waals surface area contributed by atoms with Crippen LogP contribution in [0.25, 0.3) is 16.8 Å². The van der Waals surface area contributed by atoms with Crippen LogP contribution in [0.3, 0.4) is 0 Å². The molecule has 32 heavy (non-hydrogen) atoms. The van der Waals surface area contributed by atoms with E-state index in [0.717, 1.165) is 40.3 Å². The molecule has 1 unspecified atom stereocenters. The third kappa shape index (κ3) is 4.81. The quantitative estimate of drug-likeness (QED) is 0.389. The zero-order valence-electron chi connectivity index (χ0n) is 18.1. The molecule has 0 aromatic heterocycles. The van der Waals surface area contributed by atoms with E-state index in [0.29, 0.717) is 10.7 Å². The summed E-state index contributed by atoms with van der Waals surface area (Å²) in [5.41, 5.74) is 0.783. The van der Waals surface area contributed by atoms with E-state index in [4.69, 9.17) is 9.47 Å². The second-order valence-corrected chi connectivity index (χ2v) is 8.53. The van der Waals surface area contributed by atoms with Crippen molar-refractivity contribution < 1.29 is 19.1 Å². The molecule has 1 aliphatic heterocycles. The fourth-order valence-electron chi connectivity index (χ4n) is 3.41. The summed E-state index contributed by atoms with van der Waals surface area (Å²) >= 11 is 0.946. The van der Waals surface area contributed by atoms with Gasteiger partial charge >= 0.3 is 0 Å². The Morgan fingerprint density at radius 2 is 1.69 bits per heavy atom. The number of fused-ring (bicyclic) bond motifs is 1. The molecule has 1 aliphatic rings. The molecule has 3 aromatic rings. The fourth-order valence-corrected chi connectivity index (χ4v) is 4.27. The Morgan fingerprint density at radius 3 is 2.53 bits per heavy atom. The van der Waals surface area contributed by atoms with Crippen molar-refractivity contribution in [3.63, 3.8) is 0 Å². The van der Waals surface area contributed by atoms with Crippen LogP contribution in [-0.4, -0.2) is 35.3 Å². The highest BCUT2D eigenvalue weighted by Gasteiger charge is 2.35. The normalized spacial score (nSPS) is 16.1. The number of hydrogen-bond acceptors (Lipinski definition) is 5. The maximum Gasteiger partial charge on any atom is 0.293 e. The van der Waals surface area contributed by atoms with Crippen molar-refractivity contribution in [1.82, 2.24) is 4.90 Å². The SMILES string of the molecule is CCC(C)Oc1ccccc1/C=C1\SC(=O)N(CCOc2cccc3ccccc23)C1=O. The Balaban J connectivity index is 1.44. The van der Waals surface area contributed by atoms with Crippen LogP contribution in [0.15, 0.2) is 71.6 Å². The van der Waals surface area contributed by atoms with E-state index in [-0.39, 0.29) is 30.4 Å². The van der Waals surface area contributed by atoms with Gasteiger partial charge in [-0.15, -0.1) is 0 Å². The Morgan fingerprint density at radius 1 is 0.969 bits per heavy atom. The lowest BCUT2D eigenvalue weighted by atomic mass is 10.1. The maximum absolute atomic E-state index is 12.9. The molecule has 0 N–H and O–H groups in total. The van der Waals surface area contributed by atoms with Crippen LogP contribution in [0.5, 0.6) is 11.5 Å². The first kappa shape index (κ1) is 22.0. The first-order valence-electron chi connectivity index (χ1n) is 10.7. The molecule has 164 valence electrons. The van der Waals surface area contributed by atoms with Gasteiger partial charge in [0.25, 0.3) is 11.1 Å². The minimum Gasteiger partial charge on any atom is -0.491 e. The van der Waals surface area contributed by atoms with Gasteiger partial charge < -0.3 is 9.47 Å². The predicted octanol–water partition coefficient (Wildman–Crippen LogP) is 6.13. The van der Waals surface area contributed by atoms with Gasteiger partial charge in [0.05, 0.1) is 17.6 Å². The van der Waals surface area contributed by atoms with Crippen molar-refractivity contribution in [3.8, 4) is 11.5 Å². The summed E-state index contributed by atoms with van der Waals surface area (Å²) in [6.07, 6.45) is 2.67. The minimum atomic E-state index is -0.306. The second kappa shape index (κ2) is 9.92. The molecule has 1 saturated heterocycles. The average Bonchev–Trinajstić information content (AvgIpc) is 3.07. The van der Waals surface area contributed by atoms with Crippen LogP contribution in [0.1, 0.15) is 25.8 Å². The summed E-state index contributed by atoms with van der Waals surface area (Å²) < 4.78 is 11.9. The summed E-state index contributed by atoms with van der Waals surface area (Å²) in [6.45, 7) is 4.48. The summed E-state index contributed by atoms with van der Waals surface area (Å²) in [6, 6.07) is 21.3. The van der Waals surface area contributed by atoms with Gasteiger partial charge in [0.15, 0.2) is 0 Å². The minimum absolute atomic E-state index is 0.0610. The molecule has 1 fully saturated rings. The largest absolute Gasteiger partial charge is 0.491 e. The van der Waals surface area contributed by atoms with Crippen LogP contribution in [-0.2, 0) is 4.79 Å². The molecule has 1 atom stereocenters. The highest BCUT2D eigenvalue weighted by atomic mass is 32.2. The van der Waals surface area contributed by atoms with Gasteiger partial charge in [-0.1, -0.05) is 61.5 Å². The van der Waals surface area contributed by atoms with Crippen molar-refractivity contribution in [2.75, 3.05) is 13.2 Å². The van der Waals surface area contributed by atoms with Crippen molar-refractivity contribution in [3.05, 3.63) is 77.2 Å². The zero-order chi connectivity index (χ0) is 22.5. The number of benzene rings is 3. The molecule has 0 spiro atoms. The topological polar surface area (TPSA) is 55.8 Å². The second-order valence-electron chi connectivity index (χ2n) is 7.53. The lowest BCUT2D eigenvalue weighted by Crippen LogP contribution is -2.32. The van der Waals surface area contributed by atoms with E-state index in [1.165, 1.54) is 4.90 Å². The Labute approximate surface area is 192 Å². The zero-order valence-corrected chi connectivity index (χ0v) is 18.9. The van der Waals surface area contributed by atoms with E-state index in [9.17, 15) is 9.59 Å². The first-order valence-corrected chi connectivity index (χ1v) is 11.5. The number of thioether (sulfide) groups is 1. The van der Waals surface area contributed by atoms with Crippen LogP contribution < -0.4 is 9.47 Å². The van der Waals surface area contributed by atoms with Crippen molar-refractivity contribution in [2.45, 2.75) is 26.4 Å². The van der Waals surface area contributed by atoms with Gasteiger partial charge in [0.2, 0.25) is 0 Å². The molecule has 3 aromatic carbocycles. The Hall–Kier alpha value is -3.25. The molecule has 5 nitrogen and oxygen atoms in total. The number of rotatable bonds is 8. The summed E-state index contributed by atoms with van der Waals surface area (Å²) in [4.78, 5) is 27.0. The summed E-state index contributed by atoms with van der Waals surface area (Å²) in [7, 11) is 0. The van der Waals surface area contributed by atoms with Crippen LogP contribution >= 0.6 is 11.8 Å². The number of imide groups is 1. The molecule has 4 rings (SSSR count). The number of carbonyl (C=O) groups excluding carboxylic acids is 2. The molecule has 6 heteroatoms. The average molecular weight is 448 g/mol. The van der Waals surface area contributed by atoms with Gasteiger partial charge in [-0.3, -0.25) is 14.5 Å². The number of hydrogen-bond donors (Lipinski definition) is 0. The third-order valence-corrected chi connectivity index (χ3v) is 6.21. The number of para-hydroxylation sites is 1. The summed E-state index contributed by atoms with van der Waals surface area (Å²) in [5.74, 6) is 1.13. The number of carbonyl (C=O) groups is 2. The molecule has 1 heterocycles. The van der Waals surface area contributed by atoms with E-state index < -0.39 is 0 Å². The fraction of sp³-hybridized carbons (Fsp3) is 0.231. The summed E-state index contributed by atoms with van der Waals surface area (Å²) in [5, 5.41) is 1.79. The molecule has 0 bridgehead atoms. The van der Waals surface area contributed by atoms with Gasteiger partial charge in [-0.25, -0.2) is 0 Å². The van der Waals surface area contributed by atoms with Crippen molar-refractivity contribution in [1.29, 1.82) is 0 Å². The molecule has 0 aliphatic carbocycles. The van der Waals surface area contributed by atoms with E-state index in [1.807, 2.05) is 73.7 Å². The Bertz CT molecular complexity index is 1170. The third-order valence-electron chi connectivity index (χ3n) is 5.30. The lowest BCUT2D eigenvalue weighted by Gasteiger charge is -2.15. The smallest absolute Gasteiger partial charge is 0.293 e. The standard InChI is InChI=1S/C26H25NO4S/c1-3-18(2)31-22-13-7-5-10-20(22)17-24-25(28)27(26(29)32-24)15-16-30-23-14-8-11-19-9-4-6-12-21(19)23/h4-14,17-18H,3,15-16H2,1-2H3/b24-17-. The van der Waals surface area contributed by atoms with Crippen molar-refractivity contribution in [2.24, 2.45) is 0 Å². The van der Waals surface area contributed by atoms with Crippen LogP contribution in [0, 0.1) is 0 Å². The van der Waals surface area contributed by atoms with E-state index in [2.05, 4.69) is 6.92 Å². The van der Waals surface area contributed by atoms with Gasteiger partial charge in [0.1, 0.15) is 18.1 Å². The molecular weight excluding hydrogens is 422 g/mol. The molecule has 0 saturated carbocycles. The molecule has 0 radical (unpaired) electrons. The lowest BCUT2D eigenvalue weighted by molar-refractivity contribution is -0.123. The number of amides is 2. The highest BCUT2D eigenvalue weighted by Crippen LogP contribution is 2.34. The van der Waals surface area contributed by atoms with E-state index in [1.54, 1.807) is 6.08 Å². The monoisotopic (exact) mass is 447 g/mol. The van der Waals surface area contributed by atoms with Crippen LogP contribution in [0.2, 0.25) is 0 Å². The predicted molar refractivity (Wildman–Crippen MR) is 129 cm³/mol. The van der Waals surface area contributed by atoms with Gasteiger partial charge in [-0.05, 0) is 48.7 Å². The Kier molecular flexibility index (Phi) is 6.81. The van der Waals surface area contributed by atoms with Crippen LogP contribution in [0.4, 0.5) is 4.79 Å². The number of ether oxygens (including phenoxy) is 2. The first-order chi connectivity index (χ1) is 15.6. The van der Waals surface area contributed by atoms with Crippen molar-refractivity contribution >= 4 is 39.8 Å². The van der Waals surface area contributed by atoms with E-state index >= 15 is 0 Å². The maximum atomic E-state index is 12.9. The molecule has 2 amide bonds. The molecular formula is C26H25NO4S. The van der Waals surface area contributed by atoms with Gasteiger partial charge in [-0.2, -0.15) is 0 Å². The van der Waals surface area contributed by atoms with Gasteiger partial charge in [0, 0.05) is 10.9 Å². The highest BCUT2D eigenvalue weighted by molar-refractivity contribution is 8.18. The number of nitrogens with zero attached hydrogens (tertiary/aromatic N) is 1.